The maximum absolute atomic E-state index is 4.41. The Kier molecular flexibility index (Phi) is 2.91. The van der Waals surface area contributed by atoms with Crippen molar-refractivity contribution in [3.8, 4) is 11.6 Å². The number of nitrogens with zero attached hydrogens (tertiary/aromatic N) is 6. The Morgan fingerprint density at radius 2 is 1.84 bits per heavy atom. The molecule has 98 valence electrons. The highest BCUT2D eigenvalue weighted by atomic mass is 15.2. The number of hydrogen-bond donors (Lipinski definition) is 0. The van der Waals surface area contributed by atoms with E-state index in [2.05, 4.69) is 31.0 Å². The molecule has 3 aromatic rings. The summed E-state index contributed by atoms with van der Waals surface area (Å²) < 4.78 is 6.18. The summed E-state index contributed by atoms with van der Waals surface area (Å²) in [6.45, 7) is 3.77. The minimum atomic E-state index is 0.746. The molecule has 0 aliphatic rings. The fourth-order valence-electron chi connectivity index (χ4n) is 2.16. The zero-order valence-corrected chi connectivity index (χ0v) is 11.1. The summed E-state index contributed by atoms with van der Waals surface area (Å²) >= 11 is 0. The lowest BCUT2D eigenvalue weighted by atomic mass is 10.4. The molecule has 0 unspecified atom stereocenters. The molecule has 0 atom stereocenters. The average Bonchev–Trinajstić information content (AvgIpc) is 3.10. The van der Waals surface area contributed by atoms with Gasteiger partial charge in [0.05, 0.1) is 18.6 Å². The first kappa shape index (κ1) is 11.7. The Bertz CT molecular complexity index is 675. The summed E-state index contributed by atoms with van der Waals surface area (Å²) in [5.41, 5.74) is 1.16. The van der Waals surface area contributed by atoms with Crippen LogP contribution in [0.25, 0.3) is 11.6 Å². The van der Waals surface area contributed by atoms with Gasteiger partial charge in [-0.3, -0.25) is 0 Å². The number of imidazole rings is 3. The van der Waals surface area contributed by atoms with Gasteiger partial charge in [-0.15, -0.1) is 0 Å². The van der Waals surface area contributed by atoms with E-state index in [1.807, 2.05) is 36.5 Å². The van der Waals surface area contributed by atoms with E-state index in [-0.39, 0.29) is 0 Å². The van der Waals surface area contributed by atoms with E-state index in [1.54, 1.807) is 12.4 Å². The zero-order chi connectivity index (χ0) is 13.2. The summed E-state index contributed by atoms with van der Waals surface area (Å²) in [6.07, 6.45) is 11.2. The van der Waals surface area contributed by atoms with Gasteiger partial charge in [0.25, 0.3) is 0 Å². The van der Waals surface area contributed by atoms with E-state index in [0.717, 1.165) is 30.4 Å². The first-order valence-electron chi connectivity index (χ1n) is 6.27. The molecule has 0 spiro atoms. The molecule has 6 nitrogen and oxygen atoms in total. The summed E-state index contributed by atoms with van der Waals surface area (Å²) in [5, 5.41) is 0. The minimum absolute atomic E-state index is 0.746. The van der Waals surface area contributed by atoms with Crippen LogP contribution in [0.5, 0.6) is 0 Å². The van der Waals surface area contributed by atoms with Crippen LogP contribution >= 0.6 is 0 Å². The highest BCUT2D eigenvalue weighted by Crippen LogP contribution is 2.16. The molecule has 0 amide bonds. The van der Waals surface area contributed by atoms with Gasteiger partial charge in [0.2, 0.25) is 0 Å². The van der Waals surface area contributed by atoms with Crippen molar-refractivity contribution in [3.63, 3.8) is 0 Å². The van der Waals surface area contributed by atoms with Crippen LogP contribution in [-0.2, 0) is 20.1 Å². The smallest absolute Gasteiger partial charge is 0.176 e. The largest absolute Gasteiger partial charge is 0.333 e. The van der Waals surface area contributed by atoms with Crippen LogP contribution in [0.2, 0.25) is 0 Å². The van der Waals surface area contributed by atoms with Gasteiger partial charge >= 0.3 is 0 Å². The van der Waals surface area contributed by atoms with E-state index < -0.39 is 0 Å². The predicted octanol–water partition coefficient (Wildman–Crippen LogP) is 1.55. The molecule has 0 aromatic carbocycles. The molecule has 0 aliphatic carbocycles. The zero-order valence-electron chi connectivity index (χ0n) is 11.1. The second-order valence-electron chi connectivity index (χ2n) is 4.41. The van der Waals surface area contributed by atoms with E-state index in [4.69, 9.17) is 0 Å². The van der Waals surface area contributed by atoms with Crippen LogP contribution in [-0.4, -0.2) is 28.7 Å². The molecule has 0 saturated carbocycles. The van der Waals surface area contributed by atoms with Crippen molar-refractivity contribution < 1.29 is 0 Å². The highest BCUT2D eigenvalue weighted by molar-refractivity contribution is 5.44. The standard InChI is InChI=1S/C13H16N6/c1-3-18-10-14-8-11(18)9-19-7-5-16-13(19)12-15-4-6-17(12)2/h4-8,10H,3,9H2,1-2H3. The van der Waals surface area contributed by atoms with Crippen molar-refractivity contribution in [2.24, 2.45) is 7.05 Å². The van der Waals surface area contributed by atoms with Gasteiger partial charge in [-0.2, -0.15) is 0 Å². The van der Waals surface area contributed by atoms with Crippen LogP contribution in [0.3, 0.4) is 0 Å². The molecular formula is C13H16N6. The van der Waals surface area contributed by atoms with Gasteiger partial charge in [-0.05, 0) is 6.92 Å². The molecule has 0 aliphatic heterocycles. The van der Waals surface area contributed by atoms with E-state index in [1.165, 1.54) is 0 Å². The Hall–Kier alpha value is -2.37. The number of aryl methyl sites for hydroxylation is 2. The third-order valence-electron chi connectivity index (χ3n) is 3.21. The van der Waals surface area contributed by atoms with Crippen molar-refractivity contribution in [2.75, 3.05) is 0 Å². The summed E-state index contributed by atoms with van der Waals surface area (Å²) in [6, 6.07) is 0. The van der Waals surface area contributed by atoms with Crippen molar-refractivity contribution in [1.82, 2.24) is 28.7 Å². The fourth-order valence-corrected chi connectivity index (χ4v) is 2.16. The summed E-state index contributed by atoms with van der Waals surface area (Å²) in [7, 11) is 1.97. The minimum Gasteiger partial charge on any atom is -0.333 e. The Balaban J connectivity index is 1.95. The SMILES string of the molecule is CCn1cncc1Cn1ccnc1-c1nccn1C. The molecule has 0 N–H and O–H groups in total. The average molecular weight is 256 g/mol. The molecule has 3 heterocycles. The van der Waals surface area contributed by atoms with Gasteiger partial charge in [0.1, 0.15) is 0 Å². The summed E-state index contributed by atoms with van der Waals surface area (Å²) in [4.78, 5) is 12.9. The monoisotopic (exact) mass is 256 g/mol. The van der Waals surface area contributed by atoms with Crippen LogP contribution in [0.4, 0.5) is 0 Å². The molecule has 0 radical (unpaired) electrons. The van der Waals surface area contributed by atoms with Crippen molar-refractivity contribution in [2.45, 2.75) is 20.0 Å². The van der Waals surface area contributed by atoms with Crippen molar-refractivity contribution in [3.05, 3.63) is 43.0 Å². The van der Waals surface area contributed by atoms with Gasteiger partial charge in [0.15, 0.2) is 11.6 Å². The Labute approximate surface area is 111 Å². The second kappa shape index (κ2) is 4.72. The predicted molar refractivity (Wildman–Crippen MR) is 71.4 cm³/mol. The first-order valence-corrected chi connectivity index (χ1v) is 6.27. The summed E-state index contributed by atoms with van der Waals surface area (Å²) in [5.74, 6) is 1.74. The third kappa shape index (κ3) is 2.05. The lowest BCUT2D eigenvalue weighted by Crippen LogP contribution is -2.08. The first-order chi connectivity index (χ1) is 9.29. The van der Waals surface area contributed by atoms with E-state index in [0.29, 0.717) is 0 Å². The van der Waals surface area contributed by atoms with Crippen molar-refractivity contribution in [1.29, 1.82) is 0 Å². The lowest BCUT2D eigenvalue weighted by Gasteiger charge is -2.09. The Morgan fingerprint density at radius 1 is 1.05 bits per heavy atom. The van der Waals surface area contributed by atoms with Crippen LogP contribution in [0.1, 0.15) is 12.6 Å². The van der Waals surface area contributed by atoms with Crippen LogP contribution in [0, 0.1) is 0 Å². The van der Waals surface area contributed by atoms with Crippen molar-refractivity contribution >= 4 is 0 Å². The third-order valence-corrected chi connectivity index (χ3v) is 3.21. The molecule has 0 fully saturated rings. The molecule has 0 saturated heterocycles. The fraction of sp³-hybridized carbons (Fsp3) is 0.308. The molecular weight excluding hydrogens is 240 g/mol. The maximum Gasteiger partial charge on any atom is 0.176 e. The molecule has 19 heavy (non-hydrogen) atoms. The van der Waals surface area contributed by atoms with Crippen LogP contribution < -0.4 is 0 Å². The topological polar surface area (TPSA) is 53.5 Å². The molecule has 3 aromatic heterocycles. The number of rotatable bonds is 4. The molecule has 6 heteroatoms. The molecule has 3 rings (SSSR count). The normalized spacial score (nSPS) is 11.1. The van der Waals surface area contributed by atoms with Gasteiger partial charge in [0, 0.05) is 44.6 Å². The number of hydrogen-bond acceptors (Lipinski definition) is 3. The molecule has 0 bridgehead atoms. The van der Waals surface area contributed by atoms with Crippen LogP contribution in [0.15, 0.2) is 37.3 Å². The Morgan fingerprint density at radius 3 is 2.58 bits per heavy atom. The van der Waals surface area contributed by atoms with Gasteiger partial charge in [-0.1, -0.05) is 0 Å². The van der Waals surface area contributed by atoms with E-state index in [9.17, 15) is 0 Å². The maximum atomic E-state index is 4.41. The van der Waals surface area contributed by atoms with Gasteiger partial charge in [-0.25, -0.2) is 15.0 Å². The number of aromatic nitrogens is 6. The lowest BCUT2D eigenvalue weighted by molar-refractivity contribution is 0.669. The second-order valence-corrected chi connectivity index (χ2v) is 4.41. The van der Waals surface area contributed by atoms with E-state index >= 15 is 0 Å². The highest BCUT2D eigenvalue weighted by Gasteiger charge is 2.11. The van der Waals surface area contributed by atoms with Gasteiger partial charge < -0.3 is 13.7 Å². The quantitative estimate of drug-likeness (QED) is 0.711.